The van der Waals surface area contributed by atoms with Crippen molar-refractivity contribution in [2.24, 2.45) is 0 Å². The molecule has 2 heterocycles. The van der Waals surface area contributed by atoms with Gasteiger partial charge in [0.05, 0.1) is 11.3 Å². The molecule has 0 aliphatic carbocycles. The second-order valence-corrected chi connectivity index (χ2v) is 5.43. The Morgan fingerprint density at radius 3 is 2.79 bits per heavy atom. The first-order chi connectivity index (χ1) is 9.17. The summed E-state index contributed by atoms with van der Waals surface area (Å²) in [4.78, 5) is 12.3. The number of nitrogens with two attached hydrogens (primary N) is 1. The Kier molecular flexibility index (Phi) is 4.24. The van der Waals surface area contributed by atoms with Crippen LogP contribution in [0.5, 0.6) is 0 Å². The lowest BCUT2D eigenvalue weighted by Gasteiger charge is -2.24. The van der Waals surface area contributed by atoms with E-state index in [9.17, 15) is 4.79 Å². The third kappa shape index (κ3) is 2.80. The van der Waals surface area contributed by atoms with Gasteiger partial charge in [-0.1, -0.05) is 0 Å². The first-order valence-electron chi connectivity index (χ1n) is 6.19. The van der Waals surface area contributed by atoms with Gasteiger partial charge >= 0.3 is 0 Å². The zero-order chi connectivity index (χ0) is 13.8. The van der Waals surface area contributed by atoms with Crippen molar-refractivity contribution < 1.29 is 4.79 Å². The van der Waals surface area contributed by atoms with Gasteiger partial charge in [0.1, 0.15) is 15.9 Å². The summed E-state index contributed by atoms with van der Waals surface area (Å²) in [7, 11) is 1.56. The van der Waals surface area contributed by atoms with Crippen molar-refractivity contribution in [3.8, 4) is 6.07 Å². The molecular formula is C12H17N5OS. The Morgan fingerprint density at radius 1 is 1.53 bits per heavy atom. The highest BCUT2D eigenvalue weighted by atomic mass is 32.1. The molecule has 1 fully saturated rings. The molecule has 0 unspecified atom stereocenters. The summed E-state index contributed by atoms with van der Waals surface area (Å²) in [6, 6.07) is 2.35. The van der Waals surface area contributed by atoms with Crippen molar-refractivity contribution in [3.05, 3.63) is 10.4 Å². The number of nitrogen functional groups attached to an aromatic ring is 1. The van der Waals surface area contributed by atoms with Gasteiger partial charge in [0, 0.05) is 13.1 Å². The van der Waals surface area contributed by atoms with Crippen molar-refractivity contribution in [1.82, 2.24) is 10.6 Å². The number of rotatable bonds is 3. The van der Waals surface area contributed by atoms with Crippen LogP contribution in [0.25, 0.3) is 0 Å². The summed E-state index contributed by atoms with van der Waals surface area (Å²) in [5, 5.41) is 18.9. The molecular weight excluding hydrogens is 262 g/mol. The normalized spacial score (nSPS) is 15.8. The summed E-state index contributed by atoms with van der Waals surface area (Å²) in [5.41, 5.74) is 6.53. The number of carbonyl (C=O) groups is 1. The summed E-state index contributed by atoms with van der Waals surface area (Å²) in [5.74, 6) is -0.258. The molecule has 1 aromatic heterocycles. The van der Waals surface area contributed by atoms with Crippen molar-refractivity contribution in [1.29, 1.82) is 5.26 Å². The lowest BCUT2D eigenvalue weighted by atomic mass is 10.1. The molecule has 19 heavy (non-hydrogen) atoms. The largest absolute Gasteiger partial charge is 0.396 e. The molecule has 1 aliphatic rings. The predicted molar refractivity (Wildman–Crippen MR) is 76.4 cm³/mol. The number of amides is 1. The summed E-state index contributed by atoms with van der Waals surface area (Å²) >= 11 is 1.25. The highest BCUT2D eigenvalue weighted by Gasteiger charge is 2.23. The third-order valence-electron chi connectivity index (χ3n) is 3.18. The van der Waals surface area contributed by atoms with Crippen LogP contribution in [-0.4, -0.2) is 32.1 Å². The number of nitrogens with zero attached hydrogens (tertiary/aromatic N) is 1. The van der Waals surface area contributed by atoms with Crippen LogP contribution in [-0.2, 0) is 0 Å². The van der Waals surface area contributed by atoms with E-state index in [-0.39, 0.29) is 11.6 Å². The van der Waals surface area contributed by atoms with Crippen LogP contribution < -0.4 is 21.7 Å². The van der Waals surface area contributed by atoms with Gasteiger partial charge in [-0.3, -0.25) is 4.79 Å². The Morgan fingerprint density at radius 2 is 2.21 bits per heavy atom. The highest BCUT2D eigenvalue weighted by Crippen LogP contribution is 2.36. The fraction of sp³-hybridized carbons (Fsp3) is 0.500. The van der Waals surface area contributed by atoms with Gasteiger partial charge in [0.25, 0.3) is 5.91 Å². The highest BCUT2D eigenvalue weighted by molar-refractivity contribution is 7.17. The lowest BCUT2D eigenvalue weighted by molar-refractivity contribution is 0.0965. The van der Waals surface area contributed by atoms with Crippen molar-refractivity contribution in [3.63, 3.8) is 0 Å². The van der Waals surface area contributed by atoms with Crippen LogP contribution >= 0.6 is 11.3 Å². The average Bonchev–Trinajstić information content (AvgIpc) is 2.75. The van der Waals surface area contributed by atoms with Crippen LogP contribution in [0.15, 0.2) is 0 Å². The predicted octanol–water partition coefficient (Wildman–Crippen LogP) is 0.725. The van der Waals surface area contributed by atoms with Crippen molar-refractivity contribution in [2.75, 3.05) is 31.2 Å². The molecule has 7 heteroatoms. The second kappa shape index (κ2) is 5.91. The van der Waals surface area contributed by atoms with Gasteiger partial charge in [-0.2, -0.15) is 5.26 Å². The van der Waals surface area contributed by atoms with Crippen LogP contribution in [0.1, 0.15) is 28.1 Å². The van der Waals surface area contributed by atoms with Crippen molar-refractivity contribution >= 4 is 27.9 Å². The maximum Gasteiger partial charge on any atom is 0.256 e. The minimum absolute atomic E-state index is 0.258. The Labute approximate surface area is 116 Å². The van der Waals surface area contributed by atoms with E-state index >= 15 is 0 Å². The SMILES string of the molecule is CNC(=O)c1c(NC2CCNCC2)sc(C#N)c1N. The minimum atomic E-state index is -0.258. The minimum Gasteiger partial charge on any atom is -0.396 e. The lowest BCUT2D eigenvalue weighted by Crippen LogP contribution is -2.35. The monoisotopic (exact) mass is 279 g/mol. The number of anilines is 2. The zero-order valence-electron chi connectivity index (χ0n) is 10.7. The summed E-state index contributed by atoms with van der Waals surface area (Å²) in [6.07, 6.45) is 1.99. The smallest absolute Gasteiger partial charge is 0.256 e. The maximum atomic E-state index is 11.9. The standard InChI is InChI=1S/C12H17N5OS/c1-15-11(18)9-10(14)8(6-13)19-12(9)17-7-2-4-16-5-3-7/h7,16-17H,2-5,14H2,1H3,(H,15,18). The third-order valence-corrected chi connectivity index (χ3v) is 4.22. The van der Waals surface area contributed by atoms with Crippen LogP contribution in [0.2, 0.25) is 0 Å². The molecule has 0 aromatic carbocycles. The first kappa shape index (κ1) is 13.6. The van der Waals surface area contributed by atoms with E-state index in [1.807, 2.05) is 6.07 Å². The molecule has 2 rings (SSSR count). The number of hydrogen-bond donors (Lipinski definition) is 4. The first-order valence-corrected chi connectivity index (χ1v) is 7.00. The van der Waals surface area contributed by atoms with Gasteiger partial charge < -0.3 is 21.7 Å². The number of carbonyl (C=O) groups excluding carboxylic acids is 1. The molecule has 0 radical (unpaired) electrons. The fourth-order valence-corrected chi connectivity index (χ4v) is 3.12. The van der Waals surface area contributed by atoms with Crippen molar-refractivity contribution in [2.45, 2.75) is 18.9 Å². The number of thiophene rings is 1. The number of piperidine rings is 1. The maximum absolute atomic E-state index is 11.9. The Hall–Kier alpha value is -1.78. The molecule has 102 valence electrons. The zero-order valence-corrected chi connectivity index (χ0v) is 11.6. The molecule has 5 N–H and O–H groups in total. The van der Waals surface area contributed by atoms with E-state index in [0.717, 1.165) is 25.9 Å². The van der Waals surface area contributed by atoms with Gasteiger partial charge in [-0.15, -0.1) is 11.3 Å². The van der Waals surface area contributed by atoms with E-state index in [1.165, 1.54) is 11.3 Å². The molecule has 0 saturated carbocycles. The van der Waals surface area contributed by atoms with Gasteiger partial charge in [0.2, 0.25) is 0 Å². The van der Waals surface area contributed by atoms with E-state index in [4.69, 9.17) is 11.0 Å². The molecule has 1 saturated heterocycles. The molecule has 6 nitrogen and oxygen atoms in total. The van der Waals surface area contributed by atoms with E-state index in [1.54, 1.807) is 7.05 Å². The van der Waals surface area contributed by atoms with E-state index < -0.39 is 0 Å². The summed E-state index contributed by atoms with van der Waals surface area (Å²) in [6.45, 7) is 1.91. The van der Waals surface area contributed by atoms with Crippen LogP contribution in [0.3, 0.4) is 0 Å². The summed E-state index contributed by atoms with van der Waals surface area (Å²) < 4.78 is 0. The average molecular weight is 279 g/mol. The number of nitriles is 1. The Balaban J connectivity index is 2.27. The number of hydrogen-bond acceptors (Lipinski definition) is 6. The van der Waals surface area contributed by atoms with Gasteiger partial charge in [-0.05, 0) is 25.9 Å². The Bertz CT molecular complexity index is 513. The molecule has 1 aliphatic heterocycles. The molecule has 1 aromatic rings. The molecule has 1 amide bonds. The number of nitrogens with one attached hydrogen (secondary N) is 3. The quantitative estimate of drug-likeness (QED) is 0.653. The topological polar surface area (TPSA) is 103 Å². The molecule has 0 atom stereocenters. The van der Waals surface area contributed by atoms with Crippen LogP contribution in [0, 0.1) is 11.3 Å². The molecule has 0 spiro atoms. The van der Waals surface area contributed by atoms with Gasteiger partial charge in [0.15, 0.2) is 0 Å². The fourth-order valence-electron chi connectivity index (χ4n) is 2.13. The second-order valence-electron chi connectivity index (χ2n) is 4.41. The molecule has 0 bridgehead atoms. The van der Waals surface area contributed by atoms with E-state index in [0.29, 0.717) is 21.5 Å². The van der Waals surface area contributed by atoms with Crippen LogP contribution in [0.4, 0.5) is 10.7 Å². The van der Waals surface area contributed by atoms with E-state index in [2.05, 4.69) is 16.0 Å². The van der Waals surface area contributed by atoms with Gasteiger partial charge in [-0.25, -0.2) is 0 Å².